The third-order valence-corrected chi connectivity index (χ3v) is 5.55. The average molecular weight is 285 g/mol. The molecule has 0 aromatic heterocycles. The van der Waals surface area contributed by atoms with Gasteiger partial charge in [-0.3, -0.25) is 4.90 Å². The van der Waals surface area contributed by atoms with Crippen molar-refractivity contribution < 1.29 is 0 Å². The highest BCUT2D eigenvalue weighted by molar-refractivity contribution is 5.62. The first-order valence-electron chi connectivity index (χ1n) is 8.76. The van der Waals surface area contributed by atoms with Gasteiger partial charge in [0.2, 0.25) is 0 Å². The first-order valence-corrected chi connectivity index (χ1v) is 8.76. The van der Waals surface area contributed by atoms with Gasteiger partial charge in [-0.25, -0.2) is 0 Å². The van der Waals surface area contributed by atoms with Crippen molar-refractivity contribution in [2.24, 2.45) is 0 Å². The Morgan fingerprint density at radius 1 is 0.952 bits per heavy atom. The van der Waals surface area contributed by atoms with Crippen LogP contribution in [0.25, 0.3) is 0 Å². The van der Waals surface area contributed by atoms with E-state index >= 15 is 0 Å². The van der Waals surface area contributed by atoms with Crippen molar-refractivity contribution in [1.29, 1.82) is 0 Å². The first kappa shape index (κ1) is 13.4. The Labute approximate surface area is 128 Å². The summed E-state index contributed by atoms with van der Waals surface area (Å²) in [7, 11) is 0. The van der Waals surface area contributed by atoms with Crippen LogP contribution in [-0.4, -0.2) is 43.7 Å². The number of benzene rings is 1. The number of piperazine rings is 1. The minimum absolute atomic E-state index is 0.889. The van der Waals surface area contributed by atoms with Crippen molar-refractivity contribution in [3.05, 3.63) is 23.8 Å². The number of aryl methyl sites for hydroxylation is 1. The molecule has 4 rings (SSSR count). The summed E-state index contributed by atoms with van der Waals surface area (Å²) >= 11 is 0. The van der Waals surface area contributed by atoms with Crippen LogP contribution in [0, 0.1) is 0 Å². The van der Waals surface area contributed by atoms with Crippen LogP contribution in [0.4, 0.5) is 11.4 Å². The van der Waals surface area contributed by atoms with Crippen LogP contribution in [0.1, 0.15) is 37.7 Å². The summed E-state index contributed by atoms with van der Waals surface area (Å²) in [5.74, 6) is 0. The van der Waals surface area contributed by atoms with E-state index in [1.807, 2.05) is 0 Å². The Balaban J connectivity index is 1.41. The highest BCUT2D eigenvalue weighted by atomic mass is 15.3. The van der Waals surface area contributed by atoms with E-state index in [1.165, 1.54) is 81.6 Å². The first-order chi connectivity index (χ1) is 10.4. The fourth-order valence-corrected chi connectivity index (χ4v) is 4.27. The minimum atomic E-state index is 0.889. The summed E-state index contributed by atoms with van der Waals surface area (Å²) in [5, 5.41) is 3.51. The molecule has 1 aromatic carbocycles. The molecule has 0 amide bonds. The van der Waals surface area contributed by atoms with Crippen LogP contribution >= 0.6 is 0 Å². The Bertz CT molecular complexity index is 485. The molecule has 0 spiro atoms. The number of nitrogens with zero attached hydrogens (tertiary/aromatic N) is 2. The highest BCUT2D eigenvalue weighted by Crippen LogP contribution is 2.29. The molecule has 2 heterocycles. The molecule has 0 atom stereocenters. The molecule has 1 aromatic rings. The van der Waals surface area contributed by atoms with Crippen molar-refractivity contribution >= 4 is 11.4 Å². The summed E-state index contributed by atoms with van der Waals surface area (Å²) in [5.41, 5.74) is 4.30. The van der Waals surface area contributed by atoms with E-state index in [2.05, 4.69) is 33.3 Å². The quantitative estimate of drug-likeness (QED) is 0.901. The minimum Gasteiger partial charge on any atom is -0.385 e. The molecular formula is C18H27N3. The zero-order valence-electron chi connectivity index (χ0n) is 13.0. The van der Waals surface area contributed by atoms with Crippen molar-refractivity contribution in [3.8, 4) is 0 Å². The van der Waals surface area contributed by atoms with E-state index in [0.29, 0.717) is 0 Å². The van der Waals surface area contributed by atoms with Gasteiger partial charge in [0, 0.05) is 50.1 Å². The van der Waals surface area contributed by atoms with Gasteiger partial charge < -0.3 is 10.2 Å². The maximum Gasteiger partial charge on any atom is 0.0374 e. The fraction of sp³-hybridized carbons (Fsp3) is 0.667. The third-order valence-electron chi connectivity index (χ3n) is 5.55. The summed E-state index contributed by atoms with van der Waals surface area (Å²) in [4.78, 5) is 5.32. The second-order valence-electron chi connectivity index (χ2n) is 6.83. The van der Waals surface area contributed by atoms with E-state index in [4.69, 9.17) is 0 Å². The molecule has 0 radical (unpaired) electrons. The zero-order chi connectivity index (χ0) is 14.1. The number of nitrogens with one attached hydrogen (secondary N) is 1. The number of hydrogen-bond acceptors (Lipinski definition) is 3. The normalized spacial score (nSPS) is 23.9. The van der Waals surface area contributed by atoms with Crippen LogP contribution in [0.5, 0.6) is 0 Å². The van der Waals surface area contributed by atoms with Crippen molar-refractivity contribution in [3.63, 3.8) is 0 Å². The smallest absolute Gasteiger partial charge is 0.0374 e. The van der Waals surface area contributed by atoms with E-state index in [9.17, 15) is 0 Å². The maximum absolute atomic E-state index is 3.51. The fourth-order valence-electron chi connectivity index (χ4n) is 4.27. The molecular weight excluding hydrogens is 258 g/mol. The monoisotopic (exact) mass is 285 g/mol. The number of hydrogen-bond donors (Lipinski definition) is 1. The van der Waals surface area contributed by atoms with Gasteiger partial charge in [0.05, 0.1) is 0 Å². The van der Waals surface area contributed by atoms with E-state index in [1.54, 1.807) is 0 Å². The van der Waals surface area contributed by atoms with E-state index in [0.717, 1.165) is 12.6 Å². The Kier molecular flexibility index (Phi) is 3.76. The Hall–Kier alpha value is -1.22. The van der Waals surface area contributed by atoms with Crippen LogP contribution in [0.3, 0.4) is 0 Å². The largest absolute Gasteiger partial charge is 0.385 e. The molecule has 21 heavy (non-hydrogen) atoms. The van der Waals surface area contributed by atoms with E-state index in [-0.39, 0.29) is 0 Å². The molecule has 3 aliphatic rings. The highest BCUT2D eigenvalue weighted by Gasteiger charge is 2.26. The summed E-state index contributed by atoms with van der Waals surface area (Å²) < 4.78 is 0. The molecule has 3 nitrogen and oxygen atoms in total. The second-order valence-corrected chi connectivity index (χ2v) is 6.83. The van der Waals surface area contributed by atoms with Gasteiger partial charge in [0.25, 0.3) is 0 Å². The number of anilines is 2. The summed E-state index contributed by atoms with van der Waals surface area (Å²) in [6, 6.07) is 7.90. The lowest BCUT2D eigenvalue weighted by molar-refractivity contribution is 0.187. The lowest BCUT2D eigenvalue weighted by Crippen LogP contribution is -2.49. The molecule has 0 bridgehead atoms. The predicted molar refractivity (Wildman–Crippen MR) is 89.3 cm³/mol. The zero-order valence-corrected chi connectivity index (χ0v) is 13.0. The lowest BCUT2D eigenvalue weighted by Gasteiger charge is -2.39. The van der Waals surface area contributed by atoms with Gasteiger partial charge in [0.15, 0.2) is 0 Å². The third kappa shape index (κ3) is 2.76. The number of fused-ring (bicyclic) bond motifs is 1. The van der Waals surface area contributed by atoms with Crippen LogP contribution < -0.4 is 10.2 Å². The molecule has 2 aliphatic heterocycles. The molecule has 3 heteroatoms. The van der Waals surface area contributed by atoms with Crippen molar-refractivity contribution in [2.45, 2.75) is 44.6 Å². The van der Waals surface area contributed by atoms with Gasteiger partial charge in [0.1, 0.15) is 0 Å². The molecule has 1 saturated carbocycles. The van der Waals surface area contributed by atoms with Gasteiger partial charge in [-0.1, -0.05) is 12.8 Å². The summed E-state index contributed by atoms with van der Waals surface area (Å²) in [6.07, 6.45) is 8.27. The molecule has 1 saturated heterocycles. The second kappa shape index (κ2) is 5.88. The molecule has 0 unspecified atom stereocenters. The number of rotatable bonds is 2. The van der Waals surface area contributed by atoms with Gasteiger partial charge in [-0.15, -0.1) is 0 Å². The topological polar surface area (TPSA) is 18.5 Å². The van der Waals surface area contributed by atoms with Gasteiger partial charge in [-0.05, 0) is 49.4 Å². The maximum atomic E-state index is 3.51. The van der Waals surface area contributed by atoms with Crippen molar-refractivity contribution in [2.75, 3.05) is 42.9 Å². The van der Waals surface area contributed by atoms with Gasteiger partial charge >= 0.3 is 0 Å². The molecule has 114 valence electrons. The molecule has 2 fully saturated rings. The standard InChI is InChI=1S/C18H27N3/c1-2-6-16(5-1)20-10-12-21(13-11-20)17-7-8-18-15(14-17)4-3-9-19-18/h7-8,14,16,19H,1-6,9-13H2. The average Bonchev–Trinajstić information content (AvgIpc) is 3.09. The predicted octanol–water partition coefficient (Wildman–Crippen LogP) is 3.11. The Morgan fingerprint density at radius 3 is 2.57 bits per heavy atom. The molecule has 1 aliphatic carbocycles. The van der Waals surface area contributed by atoms with Crippen molar-refractivity contribution in [1.82, 2.24) is 4.90 Å². The SMILES string of the molecule is c1cc2c(cc1N1CCN(C3CCCC3)CC1)CCCN2. The summed E-state index contributed by atoms with van der Waals surface area (Å²) in [6.45, 7) is 6.03. The molecule has 1 N–H and O–H groups in total. The van der Waals surface area contributed by atoms with Crippen LogP contribution in [0.2, 0.25) is 0 Å². The van der Waals surface area contributed by atoms with Crippen LogP contribution in [-0.2, 0) is 6.42 Å². The lowest BCUT2D eigenvalue weighted by atomic mass is 10.0. The van der Waals surface area contributed by atoms with Crippen LogP contribution in [0.15, 0.2) is 18.2 Å². The Morgan fingerprint density at radius 2 is 1.76 bits per heavy atom. The van der Waals surface area contributed by atoms with E-state index < -0.39 is 0 Å². The van der Waals surface area contributed by atoms with Gasteiger partial charge in [-0.2, -0.15) is 0 Å².